The first-order chi connectivity index (χ1) is 14.8. The van der Waals surface area contributed by atoms with Crippen LogP contribution < -0.4 is 5.32 Å². The fourth-order valence-electron chi connectivity index (χ4n) is 3.19. The van der Waals surface area contributed by atoms with Gasteiger partial charge in [0.05, 0.1) is 30.9 Å². The minimum Gasteiger partial charge on any atom is -0.379 e. The van der Waals surface area contributed by atoms with Gasteiger partial charge in [-0.15, -0.1) is 11.3 Å². The second-order valence-corrected chi connectivity index (χ2v) is 9.03. The van der Waals surface area contributed by atoms with Gasteiger partial charge < -0.3 is 4.74 Å². The van der Waals surface area contributed by atoms with Gasteiger partial charge in [0, 0.05) is 34.4 Å². The average molecular weight is 469 g/mol. The Hall–Kier alpha value is -2.34. The molecule has 0 unspecified atom stereocenters. The van der Waals surface area contributed by atoms with Crippen molar-refractivity contribution in [1.82, 2.24) is 14.3 Å². The number of morpholine rings is 1. The van der Waals surface area contributed by atoms with Crippen LogP contribution in [0.4, 0.5) is 18.3 Å². The van der Waals surface area contributed by atoms with Crippen molar-refractivity contribution in [3.05, 3.63) is 52.2 Å². The minimum atomic E-state index is -4.42. The van der Waals surface area contributed by atoms with Crippen LogP contribution in [0.1, 0.15) is 26.6 Å². The monoisotopic (exact) mass is 468 g/mol. The standard InChI is InChI=1S/C20H19F3N4O2S2/c1-12-15(10-16(30-12)13-3-2-4-14(9-13)20(21,22)23)18(28)25-19-24-17(26-31-19)11-27-5-7-29-8-6-27/h2-4,9-10H,5-8,11H2,1H3,(H,24,25,26,28). The van der Waals surface area contributed by atoms with E-state index in [4.69, 9.17) is 4.74 Å². The van der Waals surface area contributed by atoms with Crippen molar-refractivity contribution in [1.29, 1.82) is 0 Å². The summed E-state index contributed by atoms with van der Waals surface area (Å²) < 4.78 is 48.6. The normalized spacial score (nSPS) is 15.2. The summed E-state index contributed by atoms with van der Waals surface area (Å²) in [5.74, 6) is 0.273. The van der Waals surface area contributed by atoms with Crippen molar-refractivity contribution in [3.63, 3.8) is 0 Å². The van der Waals surface area contributed by atoms with Crippen LogP contribution >= 0.6 is 22.9 Å². The summed E-state index contributed by atoms with van der Waals surface area (Å²) in [4.78, 5) is 20.6. The Labute approximate surface area is 184 Å². The molecule has 1 amide bonds. The molecule has 4 rings (SSSR count). The predicted octanol–water partition coefficient (Wildman–Crippen LogP) is 4.68. The Morgan fingerprint density at radius 1 is 1.26 bits per heavy atom. The highest BCUT2D eigenvalue weighted by Gasteiger charge is 2.30. The molecular formula is C20H19F3N4O2S2. The van der Waals surface area contributed by atoms with Crippen LogP contribution in [0.2, 0.25) is 0 Å². The number of aromatic nitrogens is 2. The second-order valence-electron chi connectivity index (χ2n) is 7.02. The highest BCUT2D eigenvalue weighted by Crippen LogP contribution is 2.36. The van der Waals surface area contributed by atoms with E-state index in [1.807, 2.05) is 0 Å². The number of aryl methyl sites for hydroxylation is 1. The number of nitrogens with zero attached hydrogens (tertiary/aromatic N) is 3. The summed E-state index contributed by atoms with van der Waals surface area (Å²) in [5.41, 5.74) is 0.108. The number of hydrogen-bond acceptors (Lipinski definition) is 7. The van der Waals surface area contributed by atoms with E-state index in [2.05, 4.69) is 19.6 Å². The number of carbonyl (C=O) groups is 1. The number of benzene rings is 1. The first-order valence-corrected chi connectivity index (χ1v) is 11.1. The Morgan fingerprint density at radius 2 is 2.03 bits per heavy atom. The molecular weight excluding hydrogens is 449 g/mol. The number of halogens is 3. The topological polar surface area (TPSA) is 67.4 Å². The highest BCUT2D eigenvalue weighted by atomic mass is 32.1. The third-order valence-electron chi connectivity index (χ3n) is 4.79. The average Bonchev–Trinajstić information content (AvgIpc) is 3.34. The molecule has 3 aromatic rings. The van der Waals surface area contributed by atoms with E-state index in [0.717, 1.165) is 36.8 Å². The van der Waals surface area contributed by atoms with Crippen LogP contribution in [-0.4, -0.2) is 46.5 Å². The van der Waals surface area contributed by atoms with Gasteiger partial charge in [-0.3, -0.25) is 15.0 Å². The molecule has 31 heavy (non-hydrogen) atoms. The van der Waals surface area contributed by atoms with E-state index in [0.29, 0.717) is 51.6 Å². The van der Waals surface area contributed by atoms with Gasteiger partial charge in [-0.25, -0.2) is 4.98 Å². The third kappa shape index (κ3) is 5.29. The molecule has 1 aliphatic rings. The van der Waals surface area contributed by atoms with Crippen molar-refractivity contribution in [2.24, 2.45) is 0 Å². The number of hydrogen-bond donors (Lipinski definition) is 1. The van der Waals surface area contributed by atoms with E-state index < -0.39 is 11.7 Å². The van der Waals surface area contributed by atoms with Crippen LogP contribution in [0.5, 0.6) is 0 Å². The molecule has 0 aliphatic carbocycles. The number of ether oxygens (including phenoxy) is 1. The predicted molar refractivity (Wildman–Crippen MR) is 113 cm³/mol. The molecule has 3 heterocycles. The zero-order valence-corrected chi connectivity index (χ0v) is 18.2. The van der Waals surface area contributed by atoms with Crippen LogP contribution in [0.15, 0.2) is 30.3 Å². The number of alkyl halides is 3. The number of anilines is 1. The summed E-state index contributed by atoms with van der Waals surface area (Å²) in [6.07, 6.45) is -4.42. The molecule has 0 spiro atoms. The number of carbonyl (C=O) groups excluding carboxylic acids is 1. The second kappa shape index (κ2) is 9.03. The van der Waals surface area contributed by atoms with E-state index in [9.17, 15) is 18.0 Å². The summed E-state index contributed by atoms with van der Waals surface area (Å²) >= 11 is 2.38. The van der Waals surface area contributed by atoms with Gasteiger partial charge in [-0.1, -0.05) is 12.1 Å². The number of thiophene rings is 1. The molecule has 1 aliphatic heterocycles. The van der Waals surface area contributed by atoms with Crippen LogP contribution in [0.3, 0.4) is 0 Å². The molecule has 1 N–H and O–H groups in total. The molecule has 6 nitrogen and oxygen atoms in total. The van der Waals surface area contributed by atoms with Gasteiger partial charge >= 0.3 is 6.18 Å². The largest absolute Gasteiger partial charge is 0.416 e. The highest BCUT2D eigenvalue weighted by molar-refractivity contribution is 7.15. The SMILES string of the molecule is Cc1sc(-c2cccc(C(F)(F)F)c2)cc1C(=O)Nc1nc(CN2CCOCC2)ns1. The summed E-state index contributed by atoms with van der Waals surface area (Å²) in [6.45, 7) is 5.34. The van der Waals surface area contributed by atoms with Gasteiger partial charge in [-0.05, 0) is 30.7 Å². The van der Waals surface area contributed by atoms with Crippen molar-refractivity contribution in [2.75, 3.05) is 31.6 Å². The lowest BCUT2D eigenvalue weighted by molar-refractivity contribution is -0.137. The van der Waals surface area contributed by atoms with Gasteiger partial charge in [0.2, 0.25) is 5.13 Å². The Morgan fingerprint density at radius 3 is 2.77 bits per heavy atom. The molecule has 2 aromatic heterocycles. The summed E-state index contributed by atoms with van der Waals surface area (Å²) in [5, 5.41) is 3.13. The molecule has 1 saturated heterocycles. The molecule has 0 radical (unpaired) electrons. The number of rotatable bonds is 5. The van der Waals surface area contributed by atoms with Gasteiger partial charge in [-0.2, -0.15) is 17.5 Å². The maximum Gasteiger partial charge on any atom is 0.416 e. The molecule has 1 aromatic carbocycles. The molecule has 164 valence electrons. The van der Waals surface area contributed by atoms with E-state index in [1.54, 1.807) is 19.1 Å². The quantitative estimate of drug-likeness (QED) is 0.589. The number of nitrogens with one attached hydrogen (secondary N) is 1. The molecule has 11 heteroatoms. The van der Waals surface area contributed by atoms with Gasteiger partial charge in [0.25, 0.3) is 5.91 Å². The zero-order valence-electron chi connectivity index (χ0n) is 16.5. The van der Waals surface area contributed by atoms with Gasteiger partial charge in [0.1, 0.15) is 0 Å². The van der Waals surface area contributed by atoms with Crippen molar-refractivity contribution in [3.8, 4) is 10.4 Å². The maximum atomic E-state index is 13.0. The van der Waals surface area contributed by atoms with Crippen molar-refractivity contribution < 1.29 is 22.7 Å². The Kier molecular flexibility index (Phi) is 6.37. The molecule has 1 fully saturated rings. The van der Waals surface area contributed by atoms with Gasteiger partial charge in [0.15, 0.2) is 5.82 Å². The van der Waals surface area contributed by atoms with E-state index in [1.165, 1.54) is 17.4 Å². The lowest BCUT2D eigenvalue weighted by Gasteiger charge is -2.25. The molecule has 0 saturated carbocycles. The summed E-state index contributed by atoms with van der Waals surface area (Å²) in [7, 11) is 0. The zero-order chi connectivity index (χ0) is 22.0. The van der Waals surface area contributed by atoms with Crippen LogP contribution in [-0.2, 0) is 17.5 Å². The lowest BCUT2D eigenvalue weighted by Crippen LogP contribution is -2.35. The minimum absolute atomic E-state index is 0.360. The van der Waals surface area contributed by atoms with E-state index >= 15 is 0 Å². The fraction of sp³-hybridized carbons (Fsp3) is 0.350. The lowest BCUT2D eigenvalue weighted by atomic mass is 10.1. The van der Waals surface area contributed by atoms with Crippen LogP contribution in [0, 0.1) is 6.92 Å². The fourth-order valence-corrected chi connectivity index (χ4v) is 4.78. The Bertz CT molecular complexity index is 1070. The maximum absolute atomic E-state index is 13.0. The van der Waals surface area contributed by atoms with Crippen molar-refractivity contribution >= 4 is 33.9 Å². The molecule has 0 bridgehead atoms. The third-order valence-corrected chi connectivity index (χ3v) is 6.56. The van der Waals surface area contributed by atoms with E-state index in [-0.39, 0.29) is 5.91 Å². The summed E-state index contributed by atoms with van der Waals surface area (Å²) in [6, 6.07) is 6.70. The van der Waals surface area contributed by atoms with Crippen molar-refractivity contribution in [2.45, 2.75) is 19.6 Å². The molecule has 0 atom stereocenters. The number of amides is 1. The van der Waals surface area contributed by atoms with Crippen LogP contribution in [0.25, 0.3) is 10.4 Å². The smallest absolute Gasteiger partial charge is 0.379 e. The Balaban J connectivity index is 1.46. The first kappa shape index (κ1) is 21.9. The first-order valence-electron chi connectivity index (χ1n) is 9.52.